The second kappa shape index (κ2) is 5.92. The van der Waals surface area contributed by atoms with Crippen LogP contribution in [0.15, 0.2) is 41.0 Å². The molecular formula is C18H21BrN2O. The van der Waals surface area contributed by atoms with Crippen LogP contribution in [-0.4, -0.2) is 22.4 Å². The van der Waals surface area contributed by atoms with Crippen molar-refractivity contribution in [3.8, 4) is 0 Å². The number of nitrogens with zero attached hydrogens (tertiary/aromatic N) is 2. The molecule has 3 rings (SSSR count). The number of rotatable bonds is 3. The summed E-state index contributed by atoms with van der Waals surface area (Å²) in [6, 6.07) is 10.8. The summed E-state index contributed by atoms with van der Waals surface area (Å²) in [5.74, 6) is 0.0844. The summed E-state index contributed by atoms with van der Waals surface area (Å²) in [7, 11) is 1.92. The first kappa shape index (κ1) is 15.3. The van der Waals surface area contributed by atoms with Gasteiger partial charge in [0.25, 0.3) is 5.91 Å². The molecule has 0 spiro atoms. The first-order chi connectivity index (χ1) is 10.5. The number of carbonyl (C=O) groups is 1. The number of halogens is 1. The normalized spacial score (nSPS) is 16.9. The maximum absolute atomic E-state index is 13.0. The van der Waals surface area contributed by atoms with Crippen molar-refractivity contribution in [2.45, 2.75) is 38.8 Å². The summed E-state index contributed by atoms with van der Waals surface area (Å²) in [6.45, 7) is 4.18. The average molecular weight is 361 g/mol. The van der Waals surface area contributed by atoms with Crippen LogP contribution in [0.25, 0.3) is 0 Å². The van der Waals surface area contributed by atoms with Gasteiger partial charge in [-0.2, -0.15) is 0 Å². The molecule has 0 radical (unpaired) electrons. The fourth-order valence-corrected chi connectivity index (χ4v) is 3.74. The lowest BCUT2D eigenvalue weighted by atomic mass is 10.1. The average Bonchev–Trinajstić information content (AvgIpc) is 3.09. The summed E-state index contributed by atoms with van der Waals surface area (Å²) < 4.78 is 2.98. The number of amides is 1. The molecule has 3 nitrogen and oxygen atoms in total. The van der Waals surface area contributed by atoms with Crippen molar-refractivity contribution in [3.05, 3.63) is 57.8 Å². The fraction of sp³-hybridized carbons (Fsp3) is 0.389. The zero-order valence-corrected chi connectivity index (χ0v) is 14.8. The second-order valence-electron chi connectivity index (χ2n) is 6.21. The van der Waals surface area contributed by atoms with Crippen molar-refractivity contribution < 1.29 is 4.79 Å². The monoisotopic (exact) mass is 360 g/mol. The van der Waals surface area contributed by atoms with Crippen LogP contribution >= 0.6 is 15.9 Å². The van der Waals surface area contributed by atoms with Crippen molar-refractivity contribution in [2.75, 3.05) is 7.05 Å². The van der Waals surface area contributed by atoms with E-state index < -0.39 is 0 Å². The summed E-state index contributed by atoms with van der Waals surface area (Å²) in [4.78, 5) is 14.9. The molecular weight excluding hydrogens is 340 g/mol. The Hall–Kier alpha value is -1.55. The van der Waals surface area contributed by atoms with Crippen LogP contribution in [0.4, 0.5) is 0 Å². The van der Waals surface area contributed by atoms with E-state index in [0.29, 0.717) is 0 Å². The van der Waals surface area contributed by atoms with Crippen molar-refractivity contribution in [1.29, 1.82) is 0 Å². The largest absolute Gasteiger partial charge is 0.340 e. The van der Waals surface area contributed by atoms with Gasteiger partial charge in [-0.1, -0.05) is 24.3 Å². The van der Waals surface area contributed by atoms with Crippen molar-refractivity contribution >= 4 is 21.8 Å². The quantitative estimate of drug-likeness (QED) is 0.785. The van der Waals surface area contributed by atoms with Crippen LogP contribution < -0.4 is 0 Å². The lowest BCUT2D eigenvalue weighted by Crippen LogP contribution is -2.31. The molecule has 1 heterocycles. The van der Waals surface area contributed by atoms with Gasteiger partial charge in [-0.3, -0.25) is 4.79 Å². The molecule has 0 saturated heterocycles. The summed E-state index contributed by atoms with van der Waals surface area (Å²) in [6.07, 6.45) is 4.03. The van der Waals surface area contributed by atoms with E-state index in [1.54, 1.807) is 0 Å². The van der Waals surface area contributed by atoms with Gasteiger partial charge in [-0.25, -0.2) is 0 Å². The summed E-state index contributed by atoms with van der Waals surface area (Å²) in [5.41, 5.74) is 3.40. The smallest absolute Gasteiger partial charge is 0.270 e. The molecule has 0 N–H and O–H groups in total. The number of fused-ring (bicyclic) bond motifs is 1. The highest BCUT2D eigenvalue weighted by Gasteiger charge is 2.30. The third-order valence-corrected chi connectivity index (χ3v) is 4.91. The Balaban J connectivity index is 1.90. The van der Waals surface area contributed by atoms with E-state index in [1.807, 2.05) is 28.8 Å². The zero-order valence-electron chi connectivity index (χ0n) is 13.2. The minimum absolute atomic E-state index is 0.0844. The van der Waals surface area contributed by atoms with Gasteiger partial charge in [0, 0.05) is 23.8 Å². The van der Waals surface area contributed by atoms with Gasteiger partial charge in [0.1, 0.15) is 5.69 Å². The number of benzene rings is 1. The lowest BCUT2D eigenvalue weighted by Gasteiger charge is -2.26. The number of aryl methyl sites for hydroxylation is 1. The van der Waals surface area contributed by atoms with E-state index in [0.717, 1.165) is 23.0 Å². The van der Waals surface area contributed by atoms with Crippen molar-refractivity contribution in [1.82, 2.24) is 9.47 Å². The molecule has 1 aromatic heterocycles. The zero-order chi connectivity index (χ0) is 15.9. The maximum atomic E-state index is 13.0. The second-order valence-corrected chi connectivity index (χ2v) is 7.13. The number of hydrogen-bond donors (Lipinski definition) is 0. The maximum Gasteiger partial charge on any atom is 0.270 e. The third-order valence-electron chi connectivity index (χ3n) is 4.48. The Kier molecular flexibility index (Phi) is 4.13. The topological polar surface area (TPSA) is 25.2 Å². The molecule has 4 heteroatoms. The van der Waals surface area contributed by atoms with E-state index in [-0.39, 0.29) is 18.0 Å². The minimum atomic E-state index is 0.0844. The van der Waals surface area contributed by atoms with Crippen LogP contribution in [0, 0.1) is 0 Å². The molecule has 1 aliphatic carbocycles. The highest BCUT2D eigenvalue weighted by atomic mass is 79.9. The molecule has 1 aliphatic rings. The van der Waals surface area contributed by atoms with Crippen LogP contribution in [0.1, 0.15) is 54.0 Å². The summed E-state index contributed by atoms with van der Waals surface area (Å²) in [5, 5.41) is 0. The first-order valence-electron chi connectivity index (χ1n) is 7.71. The molecule has 1 unspecified atom stereocenters. The van der Waals surface area contributed by atoms with Gasteiger partial charge in [-0.15, -0.1) is 0 Å². The molecule has 0 bridgehead atoms. The molecule has 0 saturated carbocycles. The Bertz CT molecular complexity index is 705. The SMILES string of the molecule is CC(C)n1cc(Br)cc1C(=O)N(C)C1CCc2ccccc21. The van der Waals surface area contributed by atoms with E-state index in [2.05, 4.69) is 54.0 Å². The van der Waals surface area contributed by atoms with Crippen LogP contribution in [-0.2, 0) is 6.42 Å². The molecule has 1 atom stereocenters. The summed E-state index contributed by atoms with van der Waals surface area (Å²) >= 11 is 3.49. The first-order valence-corrected chi connectivity index (χ1v) is 8.50. The predicted molar refractivity (Wildman–Crippen MR) is 92.1 cm³/mol. The molecule has 116 valence electrons. The molecule has 1 amide bonds. The standard InChI is InChI=1S/C18H21BrN2O/c1-12(2)21-11-14(19)10-17(21)18(22)20(3)16-9-8-13-6-4-5-7-15(13)16/h4-7,10-12,16H,8-9H2,1-3H3. The van der Waals surface area contributed by atoms with Crippen molar-refractivity contribution in [2.24, 2.45) is 0 Å². The third kappa shape index (κ3) is 2.60. The van der Waals surface area contributed by atoms with Crippen LogP contribution in [0.2, 0.25) is 0 Å². The molecule has 2 aromatic rings. The molecule has 0 fully saturated rings. The van der Waals surface area contributed by atoms with Crippen molar-refractivity contribution in [3.63, 3.8) is 0 Å². The van der Waals surface area contributed by atoms with Crippen LogP contribution in [0.5, 0.6) is 0 Å². The number of hydrogen-bond acceptors (Lipinski definition) is 1. The Labute approximate surface area is 140 Å². The van der Waals surface area contributed by atoms with E-state index in [4.69, 9.17) is 0 Å². The van der Waals surface area contributed by atoms with Gasteiger partial charge in [0.15, 0.2) is 0 Å². The number of aromatic nitrogens is 1. The Morgan fingerprint density at radius 2 is 2.09 bits per heavy atom. The van der Waals surface area contributed by atoms with Gasteiger partial charge in [-0.05, 0) is 59.8 Å². The van der Waals surface area contributed by atoms with Gasteiger partial charge < -0.3 is 9.47 Å². The molecule has 0 aliphatic heterocycles. The minimum Gasteiger partial charge on any atom is -0.340 e. The fourth-order valence-electron chi connectivity index (χ4n) is 3.30. The van der Waals surface area contributed by atoms with E-state index in [1.165, 1.54) is 11.1 Å². The lowest BCUT2D eigenvalue weighted by molar-refractivity contribution is 0.0718. The van der Waals surface area contributed by atoms with Crippen LogP contribution in [0.3, 0.4) is 0 Å². The Morgan fingerprint density at radius 3 is 2.82 bits per heavy atom. The van der Waals surface area contributed by atoms with E-state index in [9.17, 15) is 4.79 Å². The van der Waals surface area contributed by atoms with Gasteiger partial charge >= 0.3 is 0 Å². The Morgan fingerprint density at radius 1 is 1.36 bits per heavy atom. The highest BCUT2D eigenvalue weighted by molar-refractivity contribution is 9.10. The van der Waals surface area contributed by atoms with E-state index >= 15 is 0 Å². The van der Waals surface area contributed by atoms with Gasteiger partial charge in [0.05, 0.1) is 6.04 Å². The molecule has 1 aromatic carbocycles. The number of carbonyl (C=O) groups excluding carboxylic acids is 1. The van der Waals surface area contributed by atoms with Gasteiger partial charge in [0.2, 0.25) is 0 Å². The highest BCUT2D eigenvalue weighted by Crippen LogP contribution is 2.35. The molecule has 22 heavy (non-hydrogen) atoms. The predicted octanol–water partition coefficient (Wildman–Crippen LogP) is 4.59.